The highest BCUT2D eigenvalue weighted by Gasteiger charge is 1.99. The number of aliphatic hydroxyl groups is 1. The summed E-state index contributed by atoms with van der Waals surface area (Å²) in [6.45, 7) is 0.0332. The minimum Gasteiger partial charge on any atom is -0.396 e. The van der Waals surface area contributed by atoms with E-state index in [-0.39, 0.29) is 12.4 Å². The quantitative estimate of drug-likeness (QED) is 0.744. The Morgan fingerprint density at radius 2 is 2.21 bits per heavy atom. The van der Waals surface area contributed by atoms with Gasteiger partial charge in [0, 0.05) is 17.7 Å². The number of hydrogen-bond acceptors (Lipinski definition) is 2. The number of carbonyl (C=O) groups is 1. The maximum Gasteiger partial charge on any atom is 0.150 e. The summed E-state index contributed by atoms with van der Waals surface area (Å²) in [5, 5.41) is 8.51. The van der Waals surface area contributed by atoms with E-state index in [4.69, 9.17) is 5.11 Å². The molecule has 1 aromatic rings. The summed E-state index contributed by atoms with van der Waals surface area (Å²) in [6.07, 6.45) is 4.36. The molecule has 0 aliphatic carbocycles. The molecule has 1 N–H and O–H groups in total. The Kier molecular flexibility index (Phi) is 4.01. The van der Waals surface area contributed by atoms with Crippen LogP contribution in [0.15, 0.2) is 24.3 Å². The van der Waals surface area contributed by atoms with Crippen molar-refractivity contribution in [2.75, 3.05) is 6.61 Å². The number of hydrogen-bond donors (Lipinski definition) is 1. The lowest BCUT2D eigenvalue weighted by molar-refractivity contribution is 0.112. The van der Waals surface area contributed by atoms with E-state index in [9.17, 15) is 9.18 Å². The highest BCUT2D eigenvalue weighted by Crippen LogP contribution is 2.11. The molecule has 0 unspecified atom stereocenters. The fraction of sp³-hybridized carbons (Fsp3) is 0.182. The molecule has 0 amide bonds. The lowest BCUT2D eigenvalue weighted by atomic mass is 10.1. The molecule has 14 heavy (non-hydrogen) atoms. The zero-order valence-corrected chi connectivity index (χ0v) is 7.61. The molecule has 3 heteroatoms. The van der Waals surface area contributed by atoms with Crippen LogP contribution in [0.3, 0.4) is 0 Å². The van der Waals surface area contributed by atoms with E-state index in [0.29, 0.717) is 23.8 Å². The molecule has 1 rings (SSSR count). The van der Waals surface area contributed by atoms with Crippen molar-refractivity contribution in [1.82, 2.24) is 0 Å². The lowest BCUT2D eigenvalue weighted by Gasteiger charge is -1.97. The summed E-state index contributed by atoms with van der Waals surface area (Å²) in [4.78, 5) is 10.4. The molecule has 0 saturated heterocycles. The molecule has 0 saturated carbocycles. The van der Waals surface area contributed by atoms with Crippen molar-refractivity contribution < 1.29 is 14.3 Å². The largest absolute Gasteiger partial charge is 0.396 e. The smallest absolute Gasteiger partial charge is 0.150 e. The summed E-state index contributed by atoms with van der Waals surface area (Å²) in [5.41, 5.74) is 0.804. The van der Waals surface area contributed by atoms with Crippen LogP contribution >= 0.6 is 0 Å². The second kappa shape index (κ2) is 5.29. The average molecular weight is 194 g/mol. The molecular formula is C11H11FO2. The van der Waals surface area contributed by atoms with Crippen LogP contribution in [0.5, 0.6) is 0 Å². The minimum absolute atomic E-state index is 0.0332. The third-order valence-electron chi connectivity index (χ3n) is 1.75. The molecule has 0 heterocycles. The molecule has 0 radical (unpaired) electrons. The Hall–Kier alpha value is -1.48. The fourth-order valence-electron chi connectivity index (χ4n) is 1.05. The predicted octanol–water partition coefficient (Wildman–Crippen LogP) is 2.03. The summed E-state index contributed by atoms with van der Waals surface area (Å²) >= 11 is 0. The molecular weight excluding hydrogens is 183 g/mol. The van der Waals surface area contributed by atoms with Gasteiger partial charge < -0.3 is 5.11 Å². The summed E-state index contributed by atoms with van der Waals surface area (Å²) < 4.78 is 13.1. The topological polar surface area (TPSA) is 37.3 Å². The van der Waals surface area contributed by atoms with Gasteiger partial charge in [-0.2, -0.15) is 0 Å². The van der Waals surface area contributed by atoms with Gasteiger partial charge in [0.1, 0.15) is 12.1 Å². The van der Waals surface area contributed by atoms with Gasteiger partial charge in [-0.05, 0) is 24.6 Å². The van der Waals surface area contributed by atoms with Crippen molar-refractivity contribution in [3.8, 4) is 0 Å². The fourth-order valence-corrected chi connectivity index (χ4v) is 1.05. The molecule has 0 atom stereocenters. The minimum atomic E-state index is -0.371. The van der Waals surface area contributed by atoms with Crippen molar-refractivity contribution in [1.29, 1.82) is 0 Å². The van der Waals surface area contributed by atoms with Gasteiger partial charge >= 0.3 is 0 Å². The number of rotatable bonds is 4. The van der Waals surface area contributed by atoms with Gasteiger partial charge in [0.05, 0.1) is 0 Å². The van der Waals surface area contributed by atoms with E-state index in [1.807, 2.05) is 0 Å². The van der Waals surface area contributed by atoms with E-state index >= 15 is 0 Å². The second-order valence-corrected chi connectivity index (χ2v) is 2.81. The molecule has 74 valence electrons. The number of benzene rings is 1. The summed E-state index contributed by atoms with van der Waals surface area (Å²) in [5.74, 6) is -0.371. The normalized spacial score (nSPS) is 10.7. The first-order valence-corrected chi connectivity index (χ1v) is 4.30. The zero-order valence-electron chi connectivity index (χ0n) is 7.61. The van der Waals surface area contributed by atoms with Gasteiger partial charge in [-0.3, -0.25) is 4.79 Å². The molecule has 0 bridgehead atoms. The molecule has 2 nitrogen and oxygen atoms in total. The predicted molar refractivity (Wildman–Crippen MR) is 52.5 cm³/mol. The van der Waals surface area contributed by atoms with Crippen molar-refractivity contribution in [2.24, 2.45) is 0 Å². The molecule has 0 aliphatic heterocycles. The second-order valence-electron chi connectivity index (χ2n) is 2.81. The van der Waals surface area contributed by atoms with Crippen LogP contribution in [0.2, 0.25) is 0 Å². The summed E-state index contributed by atoms with van der Waals surface area (Å²) in [6, 6.07) is 4.14. The van der Waals surface area contributed by atoms with Crippen LogP contribution in [-0.4, -0.2) is 18.0 Å². The Balaban J connectivity index is 2.89. The van der Waals surface area contributed by atoms with Gasteiger partial charge in [0.15, 0.2) is 0 Å². The van der Waals surface area contributed by atoms with Gasteiger partial charge in [0.2, 0.25) is 0 Å². The molecule has 1 aromatic carbocycles. The lowest BCUT2D eigenvalue weighted by Crippen LogP contribution is -1.86. The first kappa shape index (κ1) is 10.6. The van der Waals surface area contributed by atoms with E-state index in [1.165, 1.54) is 18.2 Å². The van der Waals surface area contributed by atoms with Crippen LogP contribution in [0.25, 0.3) is 6.08 Å². The number of carbonyl (C=O) groups excluding carboxylic acids is 1. The van der Waals surface area contributed by atoms with Crippen molar-refractivity contribution in [3.63, 3.8) is 0 Å². The number of aliphatic hydroxyl groups excluding tert-OH is 1. The van der Waals surface area contributed by atoms with E-state index in [2.05, 4.69) is 0 Å². The van der Waals surface area contributed by atoms with Crippen molar-refractivity contribution in [2.45, 2.75) is 6.42 Å². The molecule has 0 fully saturated rings. The number of halogens is 1. The maximum absolute atomic E-state index is 13.1. The SMILES string of the molecule is O=Cc1ccc(F)c(C=CCCO)c1. The highest BCUT2D eigenvalue weighted by molar-refractivity contribution is 5.76. The number of aldehydes is 1. The highest BCUT2D eigenvalue weighted by atomic mass is 19.1. The van der Waals surface area contributed by atoms with Crippen LogP contribution in [0.1, 0.15) is 22.3 Å². The monoisotopic (exact) mass is 194 g/mol. The van der Waals surface area contributed by atoms with E-state index < -0.39 is 0 Å². The van der Waals surface area contributed by atoms with Crippen molar-refractivity contribution in [3.05, 3.63) is 41.2 Å². The standard InChI is InChI=1S/C11H11FO2/c12-11-5-4-9(8-14)7-10(11)3-1-2-6-13/h1,3-5,7-8,13H,2,6H2. The van der Waals surface area contributed by atoms with Crippen LogP contribution in [0.4, 0.5) is 4.39 Å². The Morgan fingerprint density at radius 1 is 1.43 bits per heavy atom. The Labute approximate surface area is 81.7 Å². The zero-order chi connectivity index (χ0) is 10.4. The van der Waals surface area contributed by atoms with Gasteiger partial charge in [0.25, 0.3) is 0 Å². The third kappa shape index (κ3) is 2.78. The van der Waals surface area contributed by atoms with Gasteiger partial charge in [-0.25, -0.2) is 4.39 Å². The summed E-state index contributed by atoms with van der Waals surface area (Å²) in [7, 11) is 0. The van der Waals surface area contributed by atoms with E-state index in [0.717, 1.165) is 0 Å². The molecule has 0 aliphatic rings. The first-order chi connectivity index (χ1) is 6.77. The third-order valence-corrected chi connectivity index (χ3v) is 1.75. The van der Waals surface area contributed by atoms with Crippen LogP contribution < -0.4 is 0 Å². The Morgan fingerprint density at radius 3 is 2.86 bits per heavy atom. The molecule has 0 aromatic heterocycles. The Bertz CT molecular complexity index is 345. The van der Waals surface area contributed by atoms with E-state index in [1.54, 1.807) is 12.2 Å². The van der Waals surface area contributed by atoms with Crippen molar-refractivity contribution >= 4 is 12.4 Å². The van der Waals surface area contributed by atoms with Gasteiger partial charge in [-0.15, -0.1) is 0 Å². The van der Waals surface area contributed by atoms with Gasteiger partial charge in [-0.1, -0.05) is 12.2 Å². The maximum atomic E-state index is 13.1. The average Bonchev–Trinajstić information content (AvgIpc) is 2.21. The first-order valence-electron chi connectivity index (χ1n) is 4.30. The van der Waals surface area contributed by atoms with Crippen LogP contribution in [-0.2, 0) is 0 Å². The molecule has 0 spiro atoms. The van der Waals surface area contributed by atoms with Crippen LogP contribution in [0, 0.1) is 5.82 Å².